The van der Waals surface area contributed by atoms with Gasteiger partial charge in [-0.2, -0.15) is 0 Å². The summed E-state index contributed by atoms with van der Waals surface area (Å²) in [5.41, 5.74) is 3.87. The predicted octanol–water partition coefficient (Wildman–Crippen LogP) is 2.93. The Labute approximate surface area is 147 Å². The van der Waals surface area contributed by atoms with E-state index >= 15 is 0 Å². The first-order valence-corrected chi connectivity index (χ1v) is 8.36. The topological polar surface area (TPSA) is 60.8 Å². The number of aliphatic hydroxyl groups excluding tert-OH is 2. The number of aryl methyl sites for hydroxylation is 2. The van der Waals surface area contributed by atoms with Crippen molar-refractivity contribution in [2.45, 2.75) is 20.3 Å². The van der Waals surface area contributed by atoms with Crippen LogP contribution in [0.15, 0.2) is 36.4 Å². The summed E-state index contributed by atoms with van der Waals surface area (Å²) < 4.78 is 14.5. The number of hydrogen-bond donors (Lipinski definition) is 2. The molecule has 2 aromatic carbocycles. The Bertz CT molecular complexity index is 746. The van der Waals surface area contributed by atoms with E-state index in [0.717, 1.165) is 11.1 Å². The maximum atomic E-state index is 14.5. The van der Waals surface area contributed by atoms with E-state index in [-0.39, 0.29) is 31.9 Å². The van der Waals surface area contributed by atoms with E-state index in [4.69, 9.17) is 10.2 Å². The first kappa shape index (κ1) is 19.1. The molecule has 0 atom stereocenters. The molecule has 0 aliphatic heterocycles. The van der Waals surface area contributed by atoms with Gasteiger partial charge in [0.1, 0.15) is 5.82 Å². The normalized spacial score (nSPS) is 10.8. The lowest BCUT2D eigenvalue weighted by Gasteiger charge is -2.22. The first-order chi connectivity index (χ1) is 12.0. The molecule has 0 saturated carbocycles. The zero-order chi connectivity index (χ0) is 18.4. The minimum absolute atomic E-state index is 0.0287. The van der Waals surface area contributed by atoms with Crippen LogP contribution in [0.25, 0.3) is 11.1 Å². The Morgan fingerprint density at radius 2 is 1.64 bits per heavy atom. The molecule has 25 heavy (non-hydrogen) atoms. The minimum atomic E-state index is -0.590. The average Bonchev–Trinajstić information content (AvgIpc) is 2.60. The van der Waals surface area contributed by atoms with Gasteiger partial charge in [-0.3, -0.25) is 4.79 Å². The summed E-state index contributed by atoms with van der Waals surface area (Å²) in [5, 5.41) is 18.0. The Kier molecular flexibility index (Phi) is 6.67. The molecular weight excluding hydrogens is 321 g/mol. The number of nitrogens with zero attached hydrogens (tertiary/aromatic N) is 1. The molecule has 5 heteroatoms. The average molecular weight is 345 g/mol. The Morgan fingerprint density at radius 3 is 2.24 bits per heavy atom. The van der Waals surface area contributed by atoms with E-state index in [2.05, 4.69) is 0 Å². The van der Waals surface area contributed by atoms with E-state index in [1.54, 1.807) is 6.07 Å². The highest BCUT2D eigenvalue weighted by molar-refractivity contribution is 5.95. The van der Waals surface area contributed by atoms with Crippen molar-refractivity contribution in [2.75, 3.05) is 26.3 Å². The van der Waals surface area contributed by atoms with Gasteiger partial charge >= 0.3 is 0 Å². The van der Waals surface area contributed by atoms with Crippen LogP contribution in [0, 0.1) is 19.7 Å². The summed E-state index contributed by atoms with van der Waals surface area (Å²) in [6.45, 7) is 4.12. The second kappa shape index (κ2) is 8.74. The summed E-state index contributed by atoms with van der Waals surface area (Å²) in [7, 11) is 0. The number of benzene rings is 2. The van der Waals surface area contributed by atoms with Gasteiger partial charge in [0.2, 0.25) is 0 Å². The molecule has 1 amide bonds. The monoisotopic (exact) mass is 345 g/mol. The van der Waals surface area contributed by atoms with Crippen molar-refractivity contribution in [2.24, 2.45) is 0 Å². The summed E-state index contributed by atoms with van der Waals surface area (Å²) in [5.74, 6) is -1.07. The lowest BCUT2D eigenvalue weighted by atomic mass is 9.99. The van der Waals surface area contributed by atoms with Crippen LogP contribution in [0.1, 0.15) is 27.9 Å². The van der Waals surface area contributed by atoms with Gasteiger partial charge in [0, 0.05) is 19.7 Å². The van der Waals surface area contributed by atoms with Crippen LogP contribution in [-0.2, 0) is 0 Å². The SMILES string of the molecule is Cc1ccc(-c2ccc(C(=O)N(CCO)CCCO)c(F)c2)cc1C. The van der Waals surface area contributed by atoms with E-state index in [0.29, 0.717) is 12.0 Å². The first-order valence-electron chi connectivity index (χ1n) is 8.36. The number of carbonyl (C=O) groups excluding carboxylic acids is 1. The van der Waals surface area contributed by atoms with Crippen LogP contribution in [0.2, 0.25) is 0 Å². The smallest absolute Gasteiger partial charge is 0.256 e. The standard InChI is InChI=1S/C20H24FNO3/c1-14-4-5-16(12-15(14)2)17-6-7-18(19(21)13-17)20(25)22(9-11-24)8-3-10-23/h4-7,12-13,23-24H,3,8-11H2,1-2H3. The molecule has 2 rings (SSSR count). The van der Waals surface area contributed by atoms with Crippen molar-refractivity contribution in [1.29, 1.82) is 0 Å². The van der Waals surface area contributed by atoms with Crippen LogP contribution < -0.4 is 0 Å². The lowest BCUT2D eigenvalue weighted by molar-refractivity contribution is 0.0705. The summed E-state index contributed by atoms with van der Waals surface area (Å²) in [4.78, 5) is 13.9. The quantitative estimate of drug-likeness (QED) is 0.811. The highest BCUT2D eigenvalue weighted by Gasteiger charge is 2.19. The molecule has 0 aliphatic carbocycles. The molecule has 0 saturated heterocycles. The fourth-order valence-electron chi connectivity index (χ4n) is 2.66. The molecule has 0 spiro atoms. The molecular formula is C20H24FNO3. The lowest BCUT2D eigenvalue weighted by Crippen LogP contribution is -2.35. The molecule has 0 unspecified atom stereocenters. The predicted molar refractivity (Wildman–Crippen MR) is 96.0 cm³/mol. The van der Waals surface area contributed by atoms with E-state index in [9.17, 15) is 9.18 Å². The van der Waals surface area contributed by atoms with Gasteiger partial charge in [0.15, 0.2) is 0 Å². The molecule has 4 nitrogen and oxygen atoms in total. The number of carbonyl (C=O) groups is 1. The molecule has 2 N–H and O–H groups in total. The van der Waals surface area contributed by atoms with Gasteiger partial charge in [-0.05, 0) is 54.7 Å². The number of aliphatic hydroxyl groups is 2. The van der Waals surface area contributed by atoms with Gasteiger partial charge < -0.3 is 15.1 Å². The van der Waals surface area contributed by atoms with Gasteiger partial charge in [0.25, 0.3) is 5.91 Å². The van der Waals surface area contributed by atoms with Crippen molar-refractivity contribution in [3.8, 4) is 11.1 Å². The van der Waals surface area contributed by atoms with Crippen molar-refractivity contribution in [1.82, 2.24) is 4.90 Å². The Morgan fingerprint density at radius 1 is 0.960 bits per heavy atom. The van der Waals surface area contributed by atoms with Crippen molar-refractivity contribution in [3.63, 3.8) is 0 Å². The number of amides is 1. The van der Waals surface area contributed by atoms with E-state index in [1.165, 1.54) is 22.6 Å². The van der Waals surface area contributed by atoms with Crippen molar-refractivity contribution in [3.05, 3.63) is 58.9 Å². The second-order valence-corrected chi connectivity index (χ2v) is 6.09. The highest BCUT2D eigenvalue weighted by Crippen LogP contribution is 2.25. The van der Waals surface area contributed by atoms with Crippen LogP contribution in [0.5, 0.6) is 0 Å². The fourth-order valence-corrected chi connectivity index (χ4v) is 2.66. The molecule has 134 valence electrons. The van der Waals surface area contributed by atoms with Crippen LogP contribution in [0.3, 0.4) is 0 Å². The van der Waals surface area contributed by atoms with Crippen LogP contribution >= 0.6 is 0 Å². The van der Waals surface area contributed by atoms with Gasteiger partial charge in [-0.15, -0.1) is 0 Å². The van der Waals surface area contributed by atoms with Crippen molar-refractivity contribution < 1.29 is 19.4 Å². The maximum absolute atomic E-state index is 14.5. The summed E-state index contributed by atoms with van der Waals surface area (Å²) >= 11 is 0. The third kappa shape index (κ3) is 4.65. The number of hydrogen-bond acceptors (Lipinski definition) is 3. The van der Waals surface area contributed by atoms with Crippen molar-refractivity contribution >= 4 is 5.91 Å². The molecule has 2 aromatic rings. The second-order valence-electron chi connectivity index (χ2n) is 6.09. The van der Waals surface area contributed by atoms with E-state index < -0.39 is 11.7 Å². The summed E-state index contributed by atoms with van der Waals surface area (Å²) in [6, 6.07) is 10.5. The van der Waals surface area contributed by atoms with E-state index in [1.807, 2.05) is 32.0 Å². The van der Waals surface area contributed by atoms with Gasteiger partial charge in [-0.25, -0.2) is 4.39 Å². The molecule has 0 aliphatic rings. The molecule has 0 bridgehead atoms. The fraction of sp³-hybridized carbons (Fsp3) is 0.350. The Balaban J connectivity index is 2.28. The zero-order valence-electron chi connectivity index (χ0n) is 14.6. The summed E-state index contributed by atoms with van der Waals surface area (Å²) in [6.07, 6.45) is 0.383. The number of halogens is 1. The molecule has 0 fully saturated rings. The third-order valence-corrected chi connectivity index (χ3v) is 4.28. The van der Waals surface area contributed by atoms with Gasteiger partial charge in [0.05, 0.1) is 12.2 Å². The highest BCUT2D eigenvalue weighted by atomic mass is 19.1. The zero-order valence-corrected chi connectivity index (χ0v) is 14.6. The van der Waals surface area contributed by atoms with Gasteiger partial charge in [-0.1, -0.05) is 24.3 Å². The Hall–Kier alpha value is -2.24. The number of rotatable bonds is 7. The maximum Gasteiger partial charge on any atom is 0.256 e. The molecule has 0 heterocycles. The minimum Gasteiger partial charge on any atom is -0.396 e. The van der Waals surface area contributed by atoms with Crippen LogP contribution in [-0.4, -0.2) is 47.3 Å². The third-order valence-electron chi connectivity index (χ3n) is 4.28. The van der Waals surface area contributed by atoms with Crippen LogP contribution in [0.4, 0.5) is 4.39 Å². The molecule has 0 aromatic heterocycles. The largest absolute Gasteiger partial charge is 0.396 e. The molecule has 0 radical (unpaired) electrons.